The van der Waals surface area contributed by atoms with Gasteiger partial charge in [0.15, 0.2) is 5.78 Å². The molecule has 1 aromatic rings. The van der Waals surface area contributed by atoms with E-state index in [-0.39, 0.29) is 17.8 Å². The van der Waals surface area contributed by atoms with Gasteiger partial charge in [-0.1, -0.05) is 0 Å². The van der Waals surface area contributed by atoms with E-state index in [1.54, 1.807) is 0 Å². The lowest BCUT2D eigenvalue weighted by atomic mass is 10.1. The van der Waals surface area contributed by atoms with E-state index in [0.29, 0.717) is 6.54 Å². The number of nitrogens with zero attached hydrogens (tertiary/aromatic N) is 2. The smallest absolute Gasteiger partial charge is 0.167 e. The van der Waals surface area contributed by atoms with Crippen LogP contribution in [0, 0.1) is 11.6 Å². The SMILES string of the molecule is CN1CCN(CCC(=O)c2cc(F)ccc2F)CC1. The van der Waals surface area contributed by atoms with E-state index in [0.717, 1.165) is 44.4 Å². The van der Waals surface area contributed by atoms with Crippen LogP contribution in [0.15, 0.2) is 18.2 Å². The van der Waals surface area contributed by atoms with E-state index in [2.05, 4.69) is 16.8 Å². The third-order valence-electron chi connectivity index (χ3n) is 3.48. The molecule has 0 amide bonds. The van der Waals surface area contributed by atoms with Crippen LogP contribution >= 0.6 is 0 Å². The number of halogens is 2. The van der Waals surface area contributed by atoms with Crippen molar-refractivity contribution in [2.24, 2.45) is 0 Å². The molecule has 0 unspecified atom stereocenters. The minimum Gasteiger partial charge on any atom is -0.304 e. The minimum absolute atomic E-state index is 0.144. The molecule has 2 rings (SSSR count). The van der Waals surface area contributed by atoms with E-state index >= 15 is 0 Å². The molecular formula is C14H18F2N2O. The van der Waals surface area contributed by atoms with Gasteiger partial charge >= 0.3 is 0 Å². The van der Waals surface area contributed by atoms with Crippen LogP contribution in [-0.2, 0) is 0 Å². The van der Waals surface area contributed by atoms with Gasteiger partial charge in [0.25, 0.3) is 0 Å². The quantitative estimate of drug-likeness (QED) is 0.778. The summed E-state index contributed by atoms with van der Waals surface area (Å²) in [6.07, 6.45) is 0.226. The fourth-order valence-corrected chi connectivity index (χ4v) is 2.18. The Morgan fingerprint density at radius 1 is 1.21 bits per heavy atom. The Hall–Kier alpha value is -1.33. The Kier molecular flexibility index (Phi) is 4.61. The van der Waals surface area contributed by atoms with Crippen molar-refractivity contribution >= 4 is 5.78 Å². The molecule has 1 saturated heterocycles. The van der Waals surface area contributed by atoms with Crippen LogP contribution < -0.4 is 0 Å². The van der Waals surface area contributed by atoms with Crippen LogP contribution in [0.2, 0.25) is 0 Å². The maximum absolute atomic E-state index is 13.4. The number of Topliss-reactive ketones (excluding diaryl/α,β-unsaturated/α-hetero) is 1. The molecule has 3 nitrogen and oxygen atoms in total. The largest absolute Gasteiger partial charge is 0.304 e. The number of piperazine rings is 1. The zero-order chi connectivity index (χ0) is 13.8. The lowest BCUT2D eigenvalue weighted by Gasteiger charge is -2.32. The van der Waals surface area contributed by atoms with Crippen molar-refractivity contribution in [3.05, 3.63) is 35.4 Å². The van der Waals surface area contributed by atoms with Gasteiger partial charge in [0.05, 0.1) is 5.56 Å². The Morgan fingerprint density at radius 2 is 1.89 bits per heavy atom. The third kappa shape index (κ3) is 3.81. The molecule has 1 aliphatic rings. The van der Waals surface area contributed by atoms with Crippen LogP contribution in [0.1, 0.15) is 16.8 Å². The number of ketones is 1. The zero-order valence-corrected chi connectivity index (χ0v) is 11.0. The highest BCUT2D eigenvalue weighted by molar-refractivity contribution is 5.96. The molecule has 1 aliphatic heterocycles. The van der Waals surface area contributed by atoms with Gasteiger partial charge in [-0.25, -0.2) is 8.78 Å². The van der Waals surface area contributed by atoms with Gasteiger partial charge in [0, 0.05) is 39.1 Å². The van der Waals surface area contributed by atoms with Crippen LogP contribution in [0.3, 0.4) is 0 Å². The monoisotopic (exact) mass is 268 g/mol. The Morgan fingerprint density at radius 3 is 2.58 bits per heavy atom. The Labute approximate surface area is 111 Å². The second kappa shape index (κ2) is 6.21. The first kappa shape index (κ1) is 14.1. The Bertz CT molecular complexity index is 457. The molecule has 0 atom stereocenters. The summed E-state index contributed by atoms with van der Waals surface area (Å²) in [4.78, 5) is 16.3. The third-order valence-corrected chi connectivity index (χ3v) is 3.48. The standard InChI is InChI=1S/C14H18F2N2O/c1-17-6-8-18(9-7-17)5-4-14(19)12-10-11(15)2-3-13(12)16/h2-3,10H,4-9H2,1H3. The van der Waals surface area contributed by atoms with Crippen LogP contribution in [-0.4, -0.2) is 55.4 Å². The van der Waals surface area contributed by atoms with Gasteiger partial charge in [-0.3, -0.25) is 4.79 Å². The number of hydrogen-bond donors (Lipinski definition) is 0. The first-order valence-electron chi connectivity index (χ1n) is 6.45. The molecule has 1 fully saturated rings. The second-order valence-electron chi connectivity index (χ2n) is 4.94. The molecule has 1 heterocycles. The lowest BCUT2D eigenvalue weighted by Crippen LogP contribution is -2.45. The van der Waals surface area contributed by atoms with E-state index in [1.807, 2.05) is 0 Å². The number of benzene rings is 1. The molecule has 0 aliphatic carbocycles. The van der Waals surface area contributed by atoms with E-state index in [4.69, 9.17) is 0 Å². The lowest BCUT2D eigenvalue weighted by molar-refractivity contribution is 0.0937. The molecule has 0 aromatic heterocycles. The predicted molar refractivity (Wildman–Crippen MR) is 69.2 cm³/mol. The summed E-state index contributed by atoms with van der Waals surface area (Å²) in [7, 11) is 2.06. The van der Waals surface area contributed by atoms with Crippen LogP contribution in [0.5, 0.6) is 0 Å². The van der Waals surface area contributed by atoms with Gasteiger partial charge < -0.3 is 9.80 Å². The maximum atomic E-state index is 13.4. The van der Waals surface area contributed by atoms with Crippen LogP contribution in [0.4, 0.5) is 8.78 Å². The fraction of sp³-hybridized carbons (Fsp3) is 0.500. The highest BCUT2D eigenvalue weighted by atomic mass is 19.1. The molecule has 0 radical (unpaired) electrons. The summed E-state index contributed by atoms with van der Waals surface area (Å²) in [5.74, 6) is -1.56. The number of carbonyl (C=O) groups excluding carboxylic acids is 1. The van der Waals surface area contributed by atoms with Crippen molar-refractivity contribution in [3.63, 3.8) is 0 Å². The Balaban J connectivity index is 1.89. The molecule has 104 valence electrons. The summed E-state index contributed by atoms with van der Waals surface area (Å²) >= 11 is 0. The highest BCUT2D eigenvalue weighted by Gasteiger charge is 2.17. The maximum Gasteiger partial charge on any atom is 0.167 e. The van der Waals surface area contributed by atoms with Gasteiger partial charge in [-0.15, -0.1) is 0 Å². The molecule has 5 heteroatoms. The summed E-state index contributed by atoms with van der Waals surface area (Å²) in [5.41, 5.74) is -0.144. The normalized spacial score (nSPS) is 17.6. The van der Waals surface area contributed by atoms with Gasteiger partial charge in [-0.05, 0) is 25.2 Å². The molecule has 0 spiro atoms. The number of carbonyl (C=O) groups is 1. The van der Waals surface area contributed by atoms with Crippen molar-refractivity contribution in [1.29, 1.82) is 0 Å². The second-order valence-corrected chi connectivity index (χ2v) is 4.94. The summed E-state index contributed by atoms with van der Waals surface area (Å²) in [6, 6.07) is 2.99. The molecular weight excluding hydrogens is 250 g/mol. The predicted octanol–water partition coefficient (Wildman–Crippen LogP) is 1.78. The van der Waals surface area contributed by atoms with Gasteiger partial charge in [0.1, 0.15) is 11.6 Å². The number of rotatable bonds is 4. The molecule has 0 N–H and O–H groups in total. The summed E-state index contributed by atoms with van der Waals surface area (Å²) < 4.78 is 26.4. The minimum atomic E-state index is -0.648. The van der Waals surface area contributed by atoms with Gasteiger partial charge in [0.2, 0.25) is 0 Å². The first-order chi connectivity index (χ1) is 9.06. The summed E-state index contributed by atoms with van der Waals surface area (Å²) in [5, 5.41) is 0. The van der Waals surface area contributed by atoms with E-state index in [1.165, 1.54) is 0 Å². The summed E-state index contributed by atoms with van der Waals surface area (Å²) in [6.45, 7) is 4.37. The van der Waals surface area contributed by atoms with Crippen molar-refractivity contribution in [2.45, 2.75) is 6.42 Å². The number of hydrogen-bond acceptors (Lipinski definition) is 3. The molecule has 19 heavy (non-hydrogen) atoms. The fourth-order valence-electron chi connectivity index (χ4n) is 2.18. The molecule has 0 saturated carbocycles. The van der Waals surface area contributed by atoms with Crippen molar-refractivity contribution < 1.29 is 13.6 Å². The zero-order valence-electron chi connectivity index (χ0n) is 11.0. The topological polar surface area (TPSA) is 23.6 Å². The highest BCUT2D eigenvalue weighted by Crippen LogP contribution is 2.12. The van der Waals surface area contributed by atoms with E-state index < -0.39 is 11.6 Å². The van der Waals surface area contributed by atoms with Crippen LogP contribution in [0.25, 0.3) is 0 Å². The average molecular weight is 268 g/mol. The van der Waals surface area contributed by atoms with Crippen molar-refractivity contribution in [1.82, 2.24) is 9.80 Å². The van der Waals surface area contributed by atoms with Crippen molar-refractivity contribution in [2.75, 3.05) is 39.8 Å². The van der Waals surface area contributed by atoms with Crippen molar-refractivity contribution in [3.8, 4) is 0 Å². The van der Waals surface area contributed by atoms with E-state index in [9.17, 15) is 13.6 Å². The molecule has 0 bridgehead atoms. The number of likely N-dealkylation sites (N-methyl/N-ethyl adjacent to an activating group) is 1. The van der Waals surface area contributed by atoms with Gasteiger partial charge in [-0.2, -0.15) is 0 Å². The first-order valence-corrected chi connectivity index (χ1v) is 6.45. The molecule has 1 aromatic carbocycles. The average Bonchev–Trinajstić information content (AvgIpc) is 2.40.